The molecule has 0 aromatic heterocycles. The zero-order valence-corrected chi connectivity index (χ0v) is 10.5. The third-order valence-electron chi connectivity index (χ3n) is 2.41. The van der Waals surface area contributed by atoms with Crippen molar-refractivity contribution in [1.29, 1.82) is 0 Å². The summed E-state index contributed by atoms with van der Waals surface area (Å²) in [5.74, 6) is 0.463. The minimum Gasteiger partial charge on any atom is -0.494 e. The van der Waals surface area contributed by atoms with Gasteiger partial charge in [0.2, 0.25) is 0 Å². The molecule has 0 fully saturated rings. The Morgan fingerprint density at radius 3 is 2.18 bits per heavy atom. The number of hydrogen-bond donors (Lipinski definition) is 1. The summed E-state index contributed by atoms with van der Waals surface area (Å²) < 4.78 is 29.4. The quantitative estimate of drug-likeness (QED) is 0.855. The monoisotopic (exact) mass is 243 g/mol. The van der Waals surface area contributed by atoms with Crippen LogP contribution in [0.5, 0.6) is 17.2 Å². The van der Waals surface area contributed by atoms with Gasteiger partial charge in [-0.3, -0.25) is 0 Å². The third kappa shape index (κ3) is 2.79. The molecule has 0 spiro atoms. The molecule has 4 nitrogen and oxygen atoms in total. The molecule has 0 radical (unpaired) electrons. The average molecular weight is 243 g/mol. The molecule has 1 atom stereocenters. The highest BCUT2D eigenvalue weighted by molar-refractivity contribution is 5.53. The van der Waals surface area contributed by atoms with Crippen LogP contribution < -0.4 is 19.9 Å². The lowest BCUT2D eigenvalue weighted by molar-refractivity contribution is 0.333. The summed E-state index contributed by atoms with van der Waals surface area (Å²) in [6.45, 7) is 1.80. The van der Waals surface area contributed by atoms with Crippen molar-refractivity contribution in [3.63, 3.8) is 0 Å². The second-order valence-corrected chi connectivity index (χ2v) is 3.79. The maximum Gasteiger partial charge on any atom is 0.172 e. The van der Waals surface area contributed by atoms with Crippen molar-refractivity contribution in [2.24, 2.45) is 5.73 Å². The highest BCUT2D eigenvalue weighted by Gasteiger charge is 2.21. The average Bonchev–Trinajstić information content (AvgIpc) is 2.30. The summed E-state index contributed by atoms with van der Waals surface area (Å²) in [6.07, 6.45) is 0.350. The molecule has 0 amide bonds. The minimum atomic E-state index is -0.456. The summed E-state index contributed by atoms with van der Waals surface area (Å²) in [5, 5.41) is 0. The van der Waals surface area contributed by atoms with E-state index >= 15 is 0 Å². The first-order chi connectivity index (χ1) is 8.04. The molecule has 2 N–H and O–H groups in total. The Hall–Kier alpha value is -1.49. The van der Waals surface area contributed by atoms with Gasteiger partial charge in [0, 0.05) is 17.7 Å². The van der Waals surface area contributed by atoms with Crippen molar-refractivity contribution >= 4 is 0 Å². The van der Waals surface area contributed by atoms with E-state index in [0.29, 0.717) is 23.5 Å². The molecule has 5 heteroatoms. The Kier molecular flexibility index (Phi) is 4.57. The maximum atomic E-state index is 14.1. The summed E-state index contributed by atoms with van der Waals surface area (Å²) in [4.78, 5) is 0. The van der Waals surface area contributed by atoms with Crippen molar-refractivity contribution < 1.29 is 18.6 Å². The lowest BCUT2D eigenvalue weighted by atomic mass is 10.0. The molecule has 0 aliphatic heterocycles. The number of rotatable bonds is 5. The van der Waals surface area contributed by atoms with E-state index in [9.17, 15) is 4.39 Å². The summed E-state index contributed by atoms with van der Waals surface area (Å²) in [6, 6.07) is 1.27. The Labute approximate surface area is 100 Å². The molecular weight excluding hydrogens is 225 g/mol. The smallest absolute Gasteiger partial charge is 0.172 e. The van der Waals surface area contributed by atoms with E-state index in [1.54, 1.807) is 6.92 Å². The van der Waals surface area contributed by atoms with Gasteiger partial charge in [-0.05, 0) is 13.3 Å². The van der Waals surface area contributed by atoms with Crippen LogP contribution in [-0.2, 0) is 6.42 Å². The highest BCUT2D eigenvalue weighted by Crippen LogP contribution is 2.38. The van der Waals surface area contributed by atoms with Gasteiger partial charge in [-0.15, -0.1) is 0 Å². The van der Waals surface area contributed by atoms with E-state index < -0.39 is 5.82 Å². The molecule has 0 saturated carbocycles. The van der Waals surface area contributed by atoms with Gasteiger partial charge in [0.15, 0.2) is 23.1 Å². The maximum absolute atomic E-state index is 14.1. The predicted molar refractivity (Wildman–Crippen MR) is 63.4 cm³/mol. The first-order valence-electron chi connectivity index (χ1n) is 5.28. The number of ether oxygens (including phenoxy) is 3. The second-order valence-electron chi connectivity index (χ2n) is 3.79. The van der Waals surface area contributed by atoms with Gasteiger partial charge in [-0.1, -0.05) is 0 Å². The van der Waals surface area contributed by atoms with Crippen molar-refractivity contribution in [3.8, 4) is 17.2 Å². The Morgan fingerprint density at radius 1 is 1.18 bits per heavy atom. The van der Waals surface area contributed by atoms with Crippen LogP contribution in [-0.4, -0.2) is 27.4 Å². The van der Waals surface area contributed by atoms with Gasteiger partial charge >= 0.3 is 0 Å². The molecule has 0 aliphatic carbocycles. The summed E-state index contributed by atoms with van der Waals surface area (Å²) >= 11 is 0. The fraction of sp³-hybridized carbons (Fsp3) is 0.500. The van der Waals surface area contributed by atoms with Crippen LogP contribution in [0.15, 0.2) is 6.07 Å². The van der Waals surface area contributed by atoms with Crippen LogP contribution in [0.1, 0.15) is 12.5 Å². The topological polar surface area (TPSA) is 53.7 Å². The van der Waals surface area contributed by atoms with E-state index in [0.717, 1.165) is 0 Å². The zero-order valence-electron chi connectivity index (χ0n) is 10.5. The molecule has 1 rings (SSSR count). The van der Waals surface area contributed by atoms with Crippen molar-refractivity contribution in [2.75, 3.05) is 21.3 Å². The van der Waals surface area contributed by atoms with Crippen LogP contribution >= 0.6 is 0 Å². The van der Waals surface area contributed by atoms with Gasteiger partial charge in [0.05, 0.1) is 21.3 Å². The Bertz CT molecular complexity index is 394. The molecule has 0 bridgehead atoms. The van der Waals surface area contributed by atoms with Gasteiger partial charge < -0.3 is 19.9 Å². The second kappa shape index (κ2) is 5.72. The van der Waals surface area contributed by atoms with E-state index in [1.165, 1.54) is 27.4 Å². The van der Waals surface area contributed by atoms with E-state index in [2.05, 4.69) is 0 Å². The largest absolute Gasteiger partial charge is 0.494 e. The first-order valence-corrected chi connectivity index (χ1v) is 5.28. The fourth-order valence-electron chi connectivity index (χ4n) is 1.67. The van der Waals surface area contributed by atoms with Crippen molar-refractivity contribution in [1.82, 2.24) is 0 Å². The molecule has 17 heavy (non-hydrogen) atoms. The minimum absolute atomic E-state index is 0.123. The molecule has 1 unspecified atom stereocenters. The van der Waals surface area contributed by atoms with Crippen LogP contribution in [0, 0.1) is 5.82 Å². The first kappa shape index (κ1) is 13.6. The Morgan fingerprint density at radius 2 is 1.76 bits per heavy atom. The highest BCUT2D eigenvalue weighted by atomic mass is 19.1. The predicted octanol–water partition coefficient (Wildman–Crippen LogP) is 1.74. The fourth-order valence-corrected chi connectivity index (χ4v) is 1.67. The lowest BCUT2D eigenvalue weighted by Gasteiger charge is -2.17. The van der Waals surface area contributed by atoms with E-state index in [1.807, 2.05) is 0 Å². The van der Waals surface area contributed by atoms with Gasteiger partial charge in [0.25, 0.3) is 0 Å². The molecule has 96 valence electrons. The van der Waals surface area contributed by atoms with Crippen LogP contribution in [0.3, 0.4) is 0 Å². The van der Waals surface area contributed by atoms with Gasteiger partial charge in [-0.25, -0.2) is 4.39 Å². The zero-order chi connectivity index (χ0) is 13.0. The molecule has 0 aliphatic rings. The SMILES string of the molecule is COc1cc(OC)c(OC)c(CC(C)N)c1F. The van der Waals surface area contributed by atoms with E-state index in [-0.39, 0.29) is 11.8 Å². The number of benzene rings is 1. The third-order valence-corrected chi connectivity index (χ3v) is 2.41. The standard InChI is InChI=1S/C12H18FNO3/c1-7(14)5-8-11(13)9(15-2)6-10(16-3)12(8)17-4/h6-7H,5,14H2,1-4H3. The molecule has 0 heterocycles. The summed E-state index contributed by atoms with van der Waals surface area (Å²) in [5.41, 5.74) is 6.07. The number of halogens is 1. The van der Waals surface area contributed by atoms with Crippen LogP contribution in [0.2, 0.25) is 0 Å². The molecule has 1 aromatic carbocycles. The molecular formula is C12H18FNO3. The van der Waals surface area contributed by atoms with Crippen molar-refractivity contribution in [3.05, 3.63) is 17.4 Å². The molecule has 0 saturated heterocycles. The van der Waals surface area contributed by atoms with Crippen LogP contribution in [0.25, 0.3) is 0 Å². The van der Waals surface area contributed by atoms with E-state index in [4.69, 9.17) is 19.9 Å². The Balaban J connectivity index is 3.38. The number of nitrogens with two attached hydrogens (primary N) is 1. The molecule has 1 aromatic rings. The number of methoxy groups -OCH3 is 3. The summed E-state index contributed by atoms with van der Waals surface area (Å²) in [7, 11) is 4.36. The van der Waals surface area contributed by atoms with Crippen molar-refractivity contribution in [2.45, 2.75) is 19.4 Å². The number of hydrogen-bond acceptors (Lipinski definition) is 4. The van der Waals surface area contributed by atoms with Gasteiger partial charge in [-0.2, -0.15) is 0 Å². The normalized spacial score (nSPS) is 12.1. The van der Waals surface area contributed by atoms with Gasteiger partial charge in [0.1, 0.15) is 0 Å². The van der Waals surface area contributed by atoms with Crippen LogP contribution in [0.4, 0.5) is 4.39 Å². The lowest BCUT2D eigenvalue weighted by Crippen LogP contribution is -2.19.